The van der Waals surface area contributed by atoms with Gasteiger partial charge in [-0.25, -0.2) is 4.79 Å². The Labute approximate surface area is 232 Å². The Morgan fingerprint density at radius 2 is 1.48 bits per heavy atom. The van der Waals surface area contributed by atoms with Crippen molar-refractivity contribution in [3.63, 3.8) is 0 Å². The standard InChI is InChI=1S/C25H40N8O7/c1-13(2)20(23(38)32-18(24(39)40)12-14-5-7-15(34)8-6-14)33-22(37)17(9-10-19(27)35)31-21(36)16(26)4-3-11-30-25(28)29/h5-8,13,16-18,20,34H,3-4,9-12,26H2,1-2H3,(H2,27,35)(H,31,36)(H,32,38)(H,33,37)(H,39,40)(H4,28,29,30). The van der Waals surface area contributed by atoms with E-state index in [1.54, 1.807) is 13.8 Å². The molecular weight excluding hydrogens is 524 g/mol. The molecule has 0 aliphatic heterocycles. The molecule has 4 unspecified atom stereocenters. The minimum atomic E-state index is -1.32. The van der Waals surface area contributed by atoms with Crippen molar-refractivity contribution in [3.05, 3.63) is 29.8 Å². The van der Waals surface area contributed by atoms with Crippen molar-refractivity contribution in [3.8, 4) is 5.75 Å². The molecule has 4 amide bonds. The summed E-state index contributed by atoms with van der Waals surface area (Å²) >= 11 is 0. The molecule has 15 heteroatoms. The van der Waals surface area contributed by atoms with Gasteiger partial charge in [0.2, 0.25) is 23.6 Å². The number of rotatable bonds is 17. The Hall–Kier alpha value is -4.40. The van der Waals surface area contributed by atoms with Gasteiger partial charge in [-0.15, -0.1) is 0 Å². The van der Waals surface area contributed by atoms with E-state index in [1.807, 2.05) is 0 Å². The van der Waals surface area contributed by atoms with Gasteiger partial charge in [-0.3, -0.25) is 24.2 Å². The first-order valence-electron chi connectivity index (χ1n) is 12.7. The molecule has 0 heterocycles. The Morgan fingerprint density at radius 1 is 0.875 bits per heavy atom. The molecule has 0 saturated heterocycles. The Morgan fingerprint density at radius 3 is 2.00 bits per heavy atom. The maximum atomic E-state index is 13.1. The third-order valence-electron chi connectivity index (χ3n) is 5.85. The summed E-state index contributed by atoms with van der Waals surface area (Å²) in [5.41, 5.74) is 22.2. The maximum absolute atomic E-state index is 13.1. The number of aliphatic carboxylic acids is 1. The average Bonchev–Trinajstić information content (AvgIpc) is 2.87. The summed E-state index contributed by atoms with van der Waals surface area (Å²) in [7, 11) is 0. The quantitative estimate of drug-likeness (QED) is 0.0558. The third kappa shape index (κ3) is 12.4. The first kappa shape index (κ1) is 33.6. The number of carboxylic acid groups (broad SMARTS) is 1. The van der Waals surface area contributed by atoms with Crippen LogP contribution in [0, 0.1) is 5.92 Å². The van der Waals surface area contributed by atoms with Crippen molar-refractivity contribution in [2.45, 2.75) is 70.1 Å². The minimum Gasteiger partial charge on any atom is -0.508 e. The first-order valence-corrected chi connectivity index (χ1v) is 12.7. The Bertz CT molecular complexity index is 1060. The fraction of sp³-hybridized carbons (Fsp3) is 0.520. The van der Waals surface area contributed by atoms with Gasteiger partial charge in [0.05, 0.1) is 6.04 Å². The highest BCUT2D eigenvalue weighted by atomic mass is 16.4. The van der Waals surface area contributed by atoms with Crippen LogP contribution in [0.25, 0.3) is 0 Å². The lowest BCUT2D eigenvalue weighted by Crippen LogP contribution is -2.58. The molecule has 0 bridgehead atoms. The molecule has 1 aromatic carbocycles. The van der Waals surface area contributed by atoms with E-state index < -0.39 is 59.7 Å². The van der Waals surface area contributed by atoms with Crippen LogP contribution >= 0.6 is 0 Å². The second-order valence-electron chi connectivity index (χ2n) is 9.62. The van der Waals surface area contributed by atoms with Crippen LogP contribution in [-0.4, -0.2) is 76.5 Å². The van der Waals surface area contributed by atoms with Crippen molar-refractivity contribution in [2.24, 2.45) is 33.8 Å². The van der Waals surface area contributed by atoms with Gasteiger partial charge in [0, 0.05) is 19.4 Å². The topological polar surface area (TPSA) is 278 Å². The zero-order chi connectivity index (χ0) is 30.4. The molecule has 0 aliphatic rings. The number of nitrogens with zero attached hydrogens (tertiary/aromatic N) is 1. The van der Waals surface area contributed by atoms with Crippen LogP contribution in [0.1, 0.15) is 45.1 Å². The second-order valence-corrected chi connectivity index (χ2v) is 9.62. The van der Waals surface area contributed by atoms with Gasteiger partial charge >= 0.3 is 5.97 Å². The van der Waals surface area contributed by atoms with E-state index >= 15 is 0 Å². The molecule has 0 aromatic heterocycles. The highest BCUT2D eigenvalue weighted by Crippen LogP contribution is 2.12. The SMILES string of the molecule is CC(C)C(NC(=O)C(CCC(N)=O)NC(=O)C(N)CCCN=C(N)N)C(=O)NC(Cc1ccc(O)cc1)C(=O)O. The van der Waals surface area contributed by atoms with Gasteiger partial charge in [0.1, 0.15) is 23.9 Å². The fourth-order valence-electron chi connectivity index (χ4n) is 3.60. The number of aliphatic imine (C=N–C) groups is 1. The van der Waals surface area contributed by atoms with Crippen molar-refractivity contribution >= 4 is 35.6 Å². The number of aromatic hydroxyl groups is 1. The molecule has 1 rings (SSSR count). The van der Waals surface area contributed by atoms with E-state index in [-0.39, 0.29) is 43.9 Å². The molecule has 40 heavy (non-hydrogen) atoms. The summed E-state index contributed by atoms with van der Waals surface area (Å²) in [6, 6.07) is 1.09. The number of nitrogens with two attached hydrogens (primary N) is 4. The summed E-state index contributed by atoms with van der Waals surface area (Å²) in [6.45, 7) is 3.54. The number of hydrogen-bond acceptors (Lipinski definition) is 8. The van der Waals surface area contributed by atoms with Crippen LogP contribution in [0.15, 0.2) is 29.3 Å². The largest absolute Gasteiger partial charge is 0.508 e. The Kier molecular flexibility index (Phi) is 13.9. The summed E-state index contributed by atoms with van der Waals surface area (Å²) in [6.07, 6.45) is 0.151. The molecule has 0 spiro atoms. The predicted molar refractivity (Wildman–Crippen MR) is 146 cm³/mol. The van der Waals surface area contributed by atoms with Gasteiger partial charge in [0.25, 0.3) is 0 Å². The third-order valence-corrected chi connectivity index (χ3v) is 5.85. The predicted octanol–water partition coefficient (Wildman–Crippen LogP) is -2.22. The maximum Gasteiger partial charge on any atom is 0.326 e. The number of primary amides is 1. The van der Waals surface area contributed by atoms with Crippen molar-refractivity contribution < 1.29 is 34.2 Å². The number of hydrogen-bond donors (Lipinski definition) is 9. The lowest BCUT2D eigenvalue weighted by atomic mass is 10.00. The van der Waals surface area contributed by atoms with Crippen molar-refractivity contribution in [1.29, 1.82) is 0 Å². The molecule has 0 saturated carbocycles. The fourth-order valence-corrected chi connectivity index (χ4v) is 3.60. The number of carbonyl (C=O) groups excluding carboxylic acids is 4. The molecule has 0 radical (unpaired) electrons. The summed E-state index contributed by atoms with van der Waals surface area (Å²) in [5.74, 6) is -4.77. The van der Waals surface area contributed by atoms with E-state index in [1.165, 1.54) is 24.3 Å². The lowest BCUT2D eigenvalue weighted by Gasteiger charge is -2.27. The molecule has 0 aliphatic carbocycles. The molecule has 0 fully saturated rings. The van der Waals surface area contributed by atoms with Crippen LogP contribution in [0.2, 0.25) is 0 Å². The number of phenols is 1. The molecular formula is C25H40N8O7. The highest BCUT2D eigenvalue weighted by molar-refractivity contribution is 5.94. The van der Waals surface area contributed by atoms with Crippen LogP contribution in [0.5, 0.6) is 5.75 Å². The van der Waals surface area contributed by atoms with Crippen molar-refractivity contribution in [2.75, 3.05) is 6.54 Å². The van der Waals surface area contributed by atoms with E-state index in [4.69, 9.17) is 22.9 Å². The molecule has 15 nitrogen and oxygen atoms in total. The van der Waals surface area contributed by atoms with Crippen LogP contribution in [0.4, 0.5) is 0 Å². The normalized spacial score (nSPS) is 13.8. The average molecular weight is 565 g/mol. The van der Waals surface area contributed by atoms with Crippen LogP contribution < -0.4 is 38.9 Å². The number of carboxylic acids is 1. The zero-order valence-electron chi connectivity index (χ0n) is 22.6. The zero-order valence-corrected chi connectivity index (χ0v) is 22.6. The van der Waals surface area contributed by atoms with Crippen LogP contribution in [-0.2, 0) is 30.4 Å². The number of nitrogens with one attached hydrogen (secondary N) is 3. The van der Waals surface area contributed by atoms with Gasteiger partial charge in [-0.2, -0.15) is 0 Å². The Balaban J connectivity index is 2.94. The molecule has 1 aromatic rings. The van der Waals surface area contributed by atoms with Gasteiger partial charge in [0.15, 0.2) is 5.96 Å². The summed E-state index contributed by atoms with van der Waals surface area (Å²) in [4.78, 5) is 65.8. The summed E-state index contributed by atoms with van der Waals surface area (Å²) < 4.78 is 0. The van der Waals surface area contributed by atoms with Gasteiger partial charge < -0.3 is 49.1 Å². The second kappa shape index (κ2) is 16.5. The van der Waals surface area contributed by atoms with E-state index in [0.29, 0.717) is 12.0 Å². The van der Waals surface area contributed by atoms with Gasteiger partial charge in [-0.05, 0) is 42.9 Å². The van der Waals surface area contributed by atoms with E-state index in [0.717, 1.165) is 0 Å². The molecule has 222 valence electrons. The molecule has 13 N–H and O–H groups in total. The first-order chi connectivity index (χ1) is 18.7. The number of phenolic OH excluding ortho intramolecular Hbond substituents is 1. The number of guanidine groups is 1. The van der Waals surface area contributed by atoms with Crippen molar-refractivity contribution in [1.82, 2.24) is 16.0 Å². The number of carbonyl (C=O) groups is 5. The monoisotopic (exact) mass is 564 g/mol. The van der Waals surface area contributed by atoms with E-state index in [9.17, 15) is 34.2 Å². The summed E-state index contributed by atoms with van der Waals surface area (Å²) in [5, 5.41) is 26.5. The highest BCUT2D eigenvalue weighted by Gasteiger charge is 2.32. The number of benzene rings is 1. The van der Waals surface area contributed by atoms with E-state index in [2.05, 4.69) is 20.9 Å². The smallest absolute Gasteiger partial charge is 0.326 e. The number of amides is 4. The lowest BCUT2D eigenvalue weighted by molar-refractivity contribution is -0.142. The van der Waals surface area contributed by atoms with Gasteiger partial charge in [-0.1, -0.05) is 26.0 Å². The van der Waals surface area contributed by atoms with Crippen LogP contribution in [0.3, 0.4) is 0 Å². The molecule has 4 atom stereocenters. The minimum absolute atomic E-state index is 0.00660.